The van der Waals surface area contributed by atoms with E-state index in [1.54, 1.807) is 0 Å². The summed E-state index contributed by atoms with van der Waals surface area (Å²) in [6.45, 7) is 3.60. The van der Waals surface area contributed by atoms with Gasteiger partial charge in [-0.05, 0) is 25.6 Å². The molecule has 0 saturated heterocycles. The highest BCUT2D eigenvalue weighted by molar-refractivity contribution is 5.98. The molecule has 0 radical (unpaired) electrons. The van der Waals surface area contributed by atoms with E-state index in [2.05, 4.69) is 12.2 Å². The molecule has 0 saturated carbocycles. The smallest absolute Gasteiger partial charge is 0.254 e. The average molecular weight is 204 g/mol. The second-order valence-corrected chi connectivity index (χ2v) is 4.03. The molecule has 3 heteroatoms. The lowest BCUT2D eigenvalue weighted by molar-refractivity contribution is 0.0766. The maximum atomic E-state index is 11.9. The predicted octanol–water partition coefficient (Wildman–Crippen LogP) is 1.25. The molecule has 15 heavy (non-hydrogen) atoms. The minimum absolute atomic E-state index is 0.160. The number of nitrogens with one attached hydrogen (secondary N) is 1. The van der Waals surface area contributed by atoms with Crippen molar-refractivity contribution >= 4 is 5.91 Å². The van der Waals surface area contributed by atoms with Gasteiger partial charge in [0.15, 0.2) is 0 Å². The van der Waals surface area contributed by atoms with Crippen molar-refractivity contribution in [3.8, 4) is 0 Å². The van der Waals surface area contributed by atoms with Crippen LogP contribution in [0.15, 0.2) is 24.3 Å². The van der Waals surface area contributed by atoms with Crippen LogP contribution in [0.1, 0.15) is 22.8 Å². The van der Waals surface area contributed by atoms with Crippen molar-refractivity contribution in [2.75, 3.05) is 13.6 Å². The second-order valence-electron chi connectivity index (χ2n) is 4.03. The third-order valence-electron chi connectivity index (χ3n) is 2.88. The number of rotatable bonds is 3. The van der Waals surface area contributed by atoms with Crippen molar-refractivity contribution in [3.63, 3.8) is 0 Å². The van der Waals surface area contributed by atoms with E-state index in [9.17, 15) is 4.79 Å². The molecule has 1 heterocycles. The van der Waals surface area contributed by atoms with Crippen LogP contribution < -0.4 is 5.32 Å². The topological polar surface area (TPSA) is 32.3 Å². The highest BCUT2D eigenvalue weighted by atomic mass is 16.2. The fourth-order valence-electron chi connectivity index (χ4n) is 1.88. The van der Waals surface area contributed by atoms with Gasteiger partial charge >= 0.3 is 0 Å². The summed E-state index contributed by atoms with van der Waals surface area (Å²) in [5.41, 5.74) is 2.01. The van der Waals surface area contributed by atoms with E-state index >= 15 is 0 Å². The Morgan fingerprint density at radius 3 is 2.87 bits per heavy atom. The Morgan fingerprint density at radius 1 is 1.47 bits per heavy atom. The van der Waals surface area contributed by atoms with Crippen molar-refractivity contribution in [1.29, 1.82) is 0 Å². The zero-order valence-electron chi connectivity index (χ0n) is 9.16. The molecule has 1 N–H and O–H groups in total. The summed E-state index contributed by atoms with van der Waals surface area (Å²) in [5.74, 6) is 0.160. The molecule has 1 amide bonds. The number of amides is 1. The summed E-state index contributed by atoms with van der Waals surface area (Å²) in [6.07, 6.45) is 0. The van der Waals surface area contributed by atoms with Crippen LogP contribution in [0, 0.1) is 0 Å². The molecule has 0 aliphatic carbocycles. The first kappa shape index (κ1) is 10.2. The summed E-state index contributed by atoms with van der Waals surface area (Å²) >= 11 is 0. The van der Waals surface area contributed by atoms with Crippen LogP contribution in [0.2, 0.25) is 0 Å². The summed E-state index contributed by atoms with van der Waals surface area (Å²) in [7, 11) is 1.92. The molecule has 1 aromatic carbocycles. The molecule has 1 unspecified atom stereocenters. The number of benzene rings is 1. The zero-order chi connectivity index (χ0) is 10.8. The Morgan fingerprint density at radius 2 is 2.20 bits per heavy atom. The molecular formula is C12H16N2O. The third kappa shape index (κ3) is 1.88. The quantitative estimate of drug-likeness (QED) is 0.803. The highest BCUT2D eigenvalue weighted by Crippen LogP contribution is 2.21. The molecule has 1 aromatic rings. The van der Waals surface area contributed by atoms with Gasteiger partial charge in [-0.15, -0.1) is 0 Å². The number of carbonyl (C=O) groups excluding carboxylic acids is 1. The Labute approximate surface area is 90.1 Å². The lowest BCUT2D eigenvalue weighted by Crippen LogP contribution is -2.37. The fourth-order valence-corrected chi connectivity index (χ4v) is 1.88. The third-order valence-corrected chi connectivity index (χ3v) is 2.88. The number of hydrogen-bond donors (Lipinski definition) is 1. The molecule has 0 bridgehead atoms. The first-order valence-corrected chi connectivity index (χ1v) is 5.27. The number of nitrogens with zero attached hydrogens (tertiary/aromatic N) is 1. The zero-order valence-corrected chi connectivity index (χ0v) is 9.16. The van der Waals surface area contributed by atoms with Crippen molar-refractivity contribution in [2.24, 2.45) is 0 Å². The van der Waals surface area contributed by atoms with Gasteiger partial charge in [0.1, 0.15) is 0 Å². The monoisotopic (exact) mass is 204 g/mol. The van der Waals surface area contributed by atoms with Crippen LogP contribution in [-0.2, 0) is 6.54 Å². The highest BCUT2D eigenvalue weighted by Gasteiger charge is 2.27. The number of likely N-dealkylation sites (N-methyl/N-ethyl adjacent to an activating group) is 1. The van der Waals surface area contributed by atoms with Gasteiger partial charge in [0.05, 0.1) is 0 Å². The lowest BCUT2D eigenvalue weighted by atomic mass is 10.1. The first-order chi connectivity index (χ1) is 7.22. The normalized spacial score (nSPS) is 16.7. The Hall–Kier alpha value is -1.35. The average Bonchev–Trinajstić information content (AvgIpc) is 2.57. The predicted molar refractivity (Wildman–Crippen MR) is 59.7 cm³/mol. The van der Waals surface area contributed by atoms with E-state index in [1.165, 1.54) is 0 Å². The number of carbonyl (C=O) groups is 1. The second kappa shape index (κ2) is 4.03. The van der Waals surface area contributed by atoms with Gasteiger partial charge in [0, 0.05) is 24.7 Å². The standard InChI is InChI=1S/C12H16N2O/c1-9(13-2)7-14-8-10-5-3-4-6-11(10)12(14)15/h3-6,9,13H,7-8H2,1-2H3. The Balaban J connectivity index is 2.13. The van der Waals surface area contributed by atoms with E-state index in [0.717, 1.165) is 24.2 Å². The number of hydrogen-bond acceptors (Lipinski definition) is 2. The van der Waals surface area contributed by atoms with E-state index in [4.69, 9.17) is 0 Å². The minimum Gasteiger partial charge on any atom is -0.333 e. The molecule has 80 valence electrons. The van der Waals surface area contributed by atoms with Crippen molar-refractivity contribution in [2.45, 2.75) is 19.5 Å². The molecule has 0 spiro atoms. The Kier molecular flexibility index (Phi) is 2.73. The largest absolute Gasteiger partial charge is 0.333 e. The molecule has 0 fully saturated rings. The molecular weight excluding hydrogens is 188 g/mol. The first-order valence-electron chi connectivity index (χ1n) is 5.27. The van der Waals surface area contributed by atoms with Gasteiger partial charge in [-0.3, -0.25) is 4.79 Å². The summed E-state index contributed by atoms with van der Waals surface area (Å²) in [5, 5.41) is 3.15. The molecule has 1 atom stereocenters. The Bertz CT molecular complexity index is 376. The molecule has 2 rings (SSSR count). The van der Waals surface area contributed by atoms with Crippen molar-refractivity contribution in [1.82, 2.24) is 10.2 Å². The molecule has 1 aliphatic heterocycles. The SMILES string of the molecule is CNC(C)CN1Cc2ccccc2C1=O. The van der Waals surface area contributed by atoms with Crippen LogP contribution in [0.3, 0.4) is 0 Å². The van der Waals surface area contributed by atoms with Gasteiger partial charge in [0.25, 0.3) is 5.91 Å². The van der Waals surface area contributed by atoms with E-state index in [0.29, 0.717) is 6.04 Å². The molecule has 0 aromatic heterocycles. The summed E-state index contributed by atoms with van der Waals surface area (Å²) < 4.78 is 0. The van der Waals surface area contributed by atoms with Gasteiger partial charge < -0.3 is 10.2 Å². The minimum atomic E-state index is 0.160. The van der Waals surface area contributed by atoms with Crippen molar-refractivity contribution in [3.05, 3.63) is 35.4 Å². The van der Waals surface area contributed by atoms with E-state index in [1.807, 2.05) is 36.2 Å². The van der Waals surface area contributed by atoms with Gasteiger partial charge in [-0.25, -0.2) is 0 Å². The van der Waals surface area contributed by atoms with Crippen LogP contribution in [-0.4, -0.2) is 30.4 Å². The maximum absolute atomic E-state index is 11.9. The van der Waals surface area contributed by atoms with E-state index < -0.39 is 0 Å². The van der Waals surface area contributed by atoms with Gasteiger partial charge in [0.2, 0.25) is 0 Å². The maximum Gasteiger partial charge on any atom is 0.254 e. The fraction of sp³-hybridized carbons (Fsp3) is 0.417. The van der Waals surface area contributed by atoms with Gasteiger partial charge in [-0.2, -0.15) is 0 Å². The summed E-state index contributed by atoms with van der Waals surface area (Å²) in [4.78, 5) is 13.8. The van der Waals surface area contributed by atoms with Crippen LogP contribution in [0.5, 0.6) is 0 Å². The molecule has 3 nitrogen and oxygen atoms in total. The number of fused-ring (bicyclic) bond motifs is 1. The van der Waals surface area contributed by atoms with Crippen LogP contribution in [0.25, 0.3) is 0 Å². The van der Waals surface area contributed by atoms with Crippen molar-refractivity contribution < 1.29 is 4.79 Å². The van der Waals surface area contributed by atoms with E-state index in [-0.39, 0.29) is 5.91 Å². The summed E-state index contributed by atoms with van der Waals surface area (Å²) in [6, 6.07) is 8.17. The molecule has 1 aliphatic rings. The van der Waals surface area contributed by atoms with Crippen LogP contribution >= 0.6 is 0 Å². The van der Waals surface area contributed by atoms with Gasteiger partial charge in [-0.1, -0.05) is 18.2 Å². The lowest BCUT2D eigenvalue weighted by Gasteiger charge is -2.20. The van der Waals surface area contributed by atoms with Crippen LogP contribution in [0.4, 0.5) is 0 Å².